The Morgan fingerprint density at radius 2 is 2.05 bits per heavy atom. The first-order valence-electron chi connectivity index (χ1n) is 6.23. The summed E-state index contributed by atoms with van der Waals surface area (Å²) in [5, 5.41) is 10.2. The second-order valence-corrected chi connectivity index (χ2v) is 6.02. The number of amides is 1. The Kier molecular flexibility index (Phi) is 3.62. The summed E-state index contributed by atoms with van der Waals surface area (Å²) in [5.74, 6) is 0.167. The maximum atomic E-state index is 12.2. The van der Waals surface area contributed by atoms with Crippen molar-refractivity contribution in [2.24, 2.45) is 0 Å². The molecule has 106 valence electrons. The number of aromatic nitrogens is 2. The van der Waals surface area contributed by atoms with Gasteiger partial charge >= 0.3 is 0 Å². The Labute approximate surface area is 124 Å². The molecule has 1 aliphatic rings. The zero-order valence-electron chi connectivity index (χ0n) is 10.9. The second kappa shape index (κ2) is 5.41. The van der Waals surface area contributed by atoms with Gasteiger partial charge in [0.15, 0.2) is 11.0 Å². The van der Waals surface area contributed by atoms with Crippen LogP contribution in [0.25, 0.3) is 0 Å². The van der Waals surface area contributed by atoms with Crippen LogP contribution in [0.2, 0.25) is 5.22 Å². The van der Waals surface area contributed by atoms with Crippen molar-refractivity contribution in [2.45, 2.75) is 6.92 Å². The number of nitrogens with zero attached hydrogens (tertiary/aromatic N) is 4. The molecule has 0 unspecified atom stereocenters. The molecule has 1 amide bonds. The predicted molar refractivity (Wildman–Crippen MR) is 76.5 cm³/mol. The molecule has 0 radical (unpaired) electrons. The van der Waals surface area contributed by atoms with Crippen LogP contribution in [0.4, 0.5) is 5.13 Å². The first-order chi connectivity index (χ1) is 9.63. The van der Waals surface area contributed by atoms with E-state index in [1.165, 1.54) is 0 Å². The summed E-state index contributed by atoms with van der Waals surface area (Å²) in [6, 6.07) is 3.18. The van der Waals surface area contributed by atoms with E-state index >= 15 is 0 Å². The molecule has 0 saturated carbocycles. The molecule has 3 rings (SSSR count). The molecule has 1 fully saturated rings. The van der Waals surface area contributed by atoms with Gasteiger partial charge < -0.3 is 14.2 Å². The second-order valence-electron chi connectivity index (χ2n) is 4.49. The van der Waals surface area contributed by atoms with E-state index in [1.807, 2.05) is 6.92 Å². The van der Waals surface area contributed by atoms with Crippen LogP contribution in [0.3, 0.4) is 0 Å². The summed E-state index contributed by atoms with van der Waals surface area (Å²) in [7, 11) is 0. The van der Waals surface area contributed by atoms with Crippen molar-refractivity contribution in [3.8, 4) is 0 Å². The molecule has 0 atom stereocenters. The summed E-state index contributed by atoms with van der Waals surface area (Å²) in [4.78, 5) is 16.1. The highest BCUT2D eigenvalue weighted by Crippen LogP contribution is 2.22. The average molecular weight is 313 g/mol. The lowest BCUT2D eigenvalue weighted by Crippen LogP contribution is -2.48. The van der Waals surface area contributed by atoms with Crippen LogP contribution >= 0.6 is 22.9 Å². The van der Waals surface area contributed by atoms with Crippen LogP contribution in [-0.2, 0) is 0 Å². The van der Waals surface area contributed by atoms with Crippen LogP contribution < -0.4 is 4.90 Å². The van der Waals surface area contributed by atoms with E-state index in [9.17, 15) is 4.79 Å². The quantitative estimate of drug-likeness (QED) is 0.849. The standard InChI is InChI=1S/C12H13ClN4O2S/c1-8-14-15-12(20-8)17-6-4-16(5-7-17)11(18)9-2-3-10(13)19-9/h2-3H,4-7H2,1H3. The van der Waals surface area contributed by atoms with Crippen LogP contribution in [0.5, 0.6) is 0 Å². The van der Waals surface area contributed by atoms with Crippen LogP contribution in [0.1, 0.15) is 15.6 Å². The number of rotatable bonds is 2. The van der Waals surface area contributed by atoms with E-state index in [2.05, 4.69) is 15.1 Å². The van der Waals surface area contributed by atoms with Crippen molar-refractivity contribution in [3.05, 3.63) is 28.1 Å². The molecule has 8 heteroatoms. The van der Waals surface area contributed by atoms with Gasteiger partial charge in [0.1, 0.15) is 5.01 Å². The minimum Gasteiger partial charge on any atom is -0.440 e. The van der Waals surface area contributed by atoms with Crippen molar-refractivity contribution in [3.63, 3.8) is 0 Å². The normalized spacial score (nSPS) is 15.7. The van der Waals surface area contributed by atoms with E-state index in [0.29, 0.717) is 13.1 Å². The van der Waals surface area contributed by atoms with Crippen molar-refractivity contribution in [2.75, 3.05) is 31.1 Å². The molecule has 6 nitrogen and oxygen atoms in total. The number of anilines is 1. The number of carbonyl (C=O) groups is 1. The molecule has 2 aromatic rings. The summed E-state index contributed by atoms with van der Waals surface area (Å²) < 4.78 is 5.15. The zero-order chi connectivity index (χ0) is 14.1. The summed E-state index contributed by atoms with van der Waals surface area (Å²) in [6.45, 7) is 4.69. The van der Waals surface area contributed by atoms with Crippen molar-refractivity contribution >= 4 is 34.0 Å². The third-order valence-corrected chi connectivity index (χ3v) is 4.24. The average Bonchev–Trinajstić information content (AvgIpc) is 3.07. The molecule has 0 aromatic carbocycles. The van der Waals surface area contributed by atoms with Gasteiger partial charge in [-0.05, 0) is 30.7 Å². The fourth-order valence-electron chi connectivity index (χ4n) is 2.10. The van der Waals surface area contributed by atoms with E-state index < -0.39 is 0 Å². The highest BCUT2D eigenvalue weighted by atomic mass is 35.5. The highest BCUT2D eigenvalue weighted by molar-refractivity contribution is 7.15. The Bertz CT molecular complexity index is 619. The maximum absolute atomic E-state index is 12.2. The van der Waals surface area contributed by atoms with Gasteiger partial charge in [-0.1, -0.05) is 11.3 Å². The SMILES string of the molecule is Cc1nnc(N2CCN(C(=O)c3ccc(Cl)o3)CC2)s1. The highest BCUT2D eigenvalue weighted by Gasteiger charge is 2.25. The van der Waals surface area contributed by atoms with Gasteiger partial charge in [0.2, 0.25) is 5.13 Å². The number of furan rings is 1. The number of halogens is 1. The zero-order valence-corrected chi connectivity index (χ0v) is 12.4. The molecular weight excluding hydrogens is 300 g/mol. The lowest BCUT2D eigenvalue weighted by atomic mass is 10.3. The minimum atomic E-state index is -0.120. The first-order valence-corrected chi connectivity index (χ1v) is 7.42. The number of hydrogen-bond acceptors (Lipinski definition) is 6. The Morgan fingerprint density at radius 1 is 1.30 bits per heavy atom. The molecule has 2 aromatic heterocycles. The van der Waals surface area contributed by atoms with Gasteiger partial charge in [0, 0.05) is 26.2 Å². The Balaban J connectivity index is 1.62. The lowest BCUT2D eigenvalue weighted by molar-refractivity contribution is 0.0715. The van der Waals surface area contributed by atoms with Crippen molar-refractivity contribution < 1.29 is 9.21 Å². The molecule has 20 heavy (non-hydrogen) atoms. The molecule has 0 spiro atoms. The van der Waals surface area contributed by atoms with Gasteiger partial charge in [-0.3, -0.25) is 4.79 Å². The van der Waals surface area contributed by atoms with Crippen LogP contribution in [-0.4, -0.2) is 47.2 Å². The first kappa shape index (κ1) is 13.4. The molecule has 1 saturated heterocycles. The van der Waals surface area contributed by atoms with Gasteiger partial charge in [-0.15, -0.1) is 10.2 Å². The maximum Gasteiger partial charge on any atom is 0.289 e. The van der Waals surface area contributed by atoms with Gasteiger partial charge in [-0.25, -0.2) is 0 Å². The third kappa shape index (κ3) is 2.64. The summed E-state index contributed by atoms with van der Waals surface area (Å²) in [6.07, 6.45) is 0. The molecule has 0 aliphatic carbocycles. The molecule has 0 N–H and O–H groups in total. The topological polar surface area (TPSA) is 62.5 Å². The number of aryl methyl sites for hydroxylation is 1. The van der Waals surface area contributed by atoms with Crippen LogP contribution in [0.15, 0.2) is 16.5 Å². The van der Waals surface area contributed by atoms with E-state index in [4.69, 9.17) is 16.0 Å². The van der Waals surface area contributed by atoms with E-state index in [1.54, 1.807) is 28.4 Å². The fraction of sp³-hybridized carbons (Fsp3) is 0.417. The van der Waals surface area contributed by atoms with Gasteiger partial charge in [0.25, 0.3) is 5.91 Å². The fourth-order valence-corrected chi connectivity index (χ4v) is 2.99. The summed E-state index contributed by atoms with van der Waals surface area (Å²) >= 11 is 7.26. The molecule has 0 bridgehead atoms. The van der Waals surface area contributed by atoms with Crippen molar-refractivity contribution in [1.82, 2.24) is 15.1 Å². The summed E-state index contributed by atoms with van der Waals surface area (Å²) in [5.41, 5.74) is 0. The minimum absolute atomic E-state index is 0.120. The lowest BCUT2D eigenvalue weighted by Gasteiger charge is -2.33. The van der Waals surface area contributed by atoms with Gasteiger partial charge in [-0.2, -0.15) is 0 Å². The van der Waals surface area contributed by atoms with E-state index in [0.717, 1.165) is 23.2 Å². The number of hydrogen-bond donors (Lipinski definition) is 0. The number of piperazine rings is 1. The Hall–Kier alpha value is -1.60. The monoisotopic (exact) mass is 312 g/mol. The predicted octanol–water partition coefficient (Wildman–Crippen LogP) is 2.06. The smallest absolute Gasteiger partial charge is 0.289 e. The molecule has 3 heterocycles. The largest absolute Gasteiger partial charge is 0.440 e. The van der Waals surface area contributed by atoms with Gasteiger partial charge in [0.05, 0.1) is 0 Å². The Morgan fingerprint density at radius 3 is 2.60 bits per heavy atom. The van der Waals surface area contributed by atoms with E-state index in [-0.39, 0.29) is 16.9 Å². The van der Waals surface area contributed by atoms with Crippen LogP contribution in [0, 0.1) is 6.92 Å². The third-order valence-electron chi connectivity index (χ3n) is 3.14. The van der Waals surface area contributed by atoms with Crippen molar-refractivity contribution in [1.29, 1.82) is 0 Å². The molecular formula is C12H13ClN4O2S. The molecule has 1 aliphatic heterocycles. The number of carbonyl (C=O) groups excluding carboxylic acids is 1.